The maximum Gasteiger partial charge on any atom is 0.307 e. The lowest BCUT2D eigenvalue weighted by Crippen LogP contribution is -2.44. The van der Waals surface area contributed by atoms with E-state index in [1.165, 1.54) is 0 Å². The van der Waals surface area contributed by atoms with Gasteiger partial charge in [0.25, 0.3) is 0 Å². The highest BCUT2D eigenvalue weighted by atomic mass is 16.4. The van der Waals surface area contributed by atoms with Crippen molar-refractivity contribution in [2.45, 2.75) is 19.8 Å². The van der Waals surface area contributed by atoms with E-state index in [1.807, 2.05) is 0 Å². The molecule has 13 heavy (non-hydrogen) atoms. The molecular weight excluding hydrogens is 166 g/mol. The molecule has 2 bridgehead atoms. The molecule has 2 unspecified atom stereocenters. The Hall–Kier alpha value is -0.570. The minimum Gasteiger partial charge on any atom is -0.481 e. The zero-order chi connectivity index (χ0) is 9.42. The highest BCUT2D eigenvalue weighted by Gasteiger charge is 2.45. The van der Waals surface area contributed by atoms with Crippen molar-refractivity contribution in [1.82, 2.24) is 4.90 Å². The highest BCUT2D eigenvalue weighted by molar-refractivity contribution is 5.71. The molecule has 3 heteroatoms. The molecule has 1 aliphatic heterocycles. The molecule has 2 rings (SSSR count). The van der Waals surface area contributed by atoms with Gasteiger partial charge in [0.1, 0.15) is 0 Å². The number of carboxylic acids is 1. The molecule has 0 amide bonds. The minimum atomic E-state index is -0.566. The second-order valence-electron chi connectivity index (χ2n) is 4.31. The Morgan fingerprint density at radius 1 is 1.38 bits per heavy atom. The van der Waals surface area contributed by atoms with Crippen LogP contribution in [0, 0.1) is 17.8 Å². The summed E-state index contributed by atoms with van der Waals surface area (Å²) in [5, 5.41) is 9.06. The van der Waals surface area contributed by atoms with Crippen molar-refractivity contribution in [3.63, 3.8) is 0 Å². The van der Waals surface area contributed by atoms with Crippen molar-refractivity contribution in [3.8, 4) is 0 Å². The monoisotopic (exact) mass is 183 g/mol. The van der Waals surface area contributed by atoms with Crippen LogP contribution in [0.5, 0.6) is 0 Å². The van der Waals surface area contributed by atoms with Gasteiger partial charge in [-0.2, -0.15) is 0 Å². The molecule has 1 saturated carbocycles. The first-order valence-electron chi connectivity index (χ1n) is 5.17. The first kappa shape index (κ1) is 9.00. The van der Waals surface area contributed by atoms with Crippen molar-refractivity contribution < 1.29 is 9.90 Å². The summed E-state index contributed by atoms with van der Waals surface area (Å²) in [5.74, 6) is 0.249. The average molecular weight is 183 g/mol. The molecule has 0 aromatic heterocycles. The Kier molecular flexibility index (Phi) is 2.28. The number of carbonyl (C=O) groups is 1. The van der Waals surface area contributed by atoms with Gasteiger partial charge < -0.3 is 10.0 Å². The molecule has 1 heterocycles. The number of hydrogen-bond acceptors (Lipinski definition) is 2. The number of fused-ring (bicyclic) bond motifs is 2. The van der Waals surface area contributed by atoms with Crippen molar-refractivity contribution in [3.05, 3.63) is 0 Å². The van der Waals surface area contributed by atoms with Crippen LogP contribution in [0.1, 0.15) is 19.8 Å². The molecule has 2 aliphatic rings. The van der Waals surface area contributed by atoms with E-state index < -0.39 is 5.97 Å². The van der Waals surface area contributed by atoms with Gasteiger partial charge in [-0.1, -0.05) is 6.92 Å². The summed E-state index contributed by atoms with van der Waals surface area (Å²) >= 11 is 0. The molecule has 1 saturated heterocycles. The SMILES string of the molecule is CCN1CC2CCC(C1)C2C(=O)O. The van der Waals surface area contributed by atoms with E-state index in [-0.39, 0.29) is 5.92 Å². The van der Waals surface area contributed by atoms with E-state index in [2.05, 4.69) is 11.8 Å². The van der Waals surface area contributed by atoms with E-state index in [1.54, 1.807) is 0 Å². The van der Waals surface area contributed by atoms with E-state index in [0.29, 0.717) is 11.8 Å². The zero-order valence-corrected chi connectivity index (χ0v) is 8.07. The van der Waals surface area contributed by atoms with Gasteiger partial charge in [0.05, 0.1) is 5.92 Å². The van der Waals surface area contributed by atoms with E-state index in [4.69, 9.17) is 5.11 Å². The molecule has 0 radical (unpaired) electrons. The number of piperidine rings is 1. The minimum absolute atomic E-state index is 0.0391. The predicted molar refractivity (Wildman–Crippen MR) is 49.5 cm³/mol. The third-order valence-electron chi connectivity index (χ3n) is 3.64. The maximum atomic E-state index is 11.0. The summed E-state index contributed by atoms with van der Waals surface area (Å²) in [5.41, 5.74) is 0. The lowest BCUT2D eigenvalue weighted by molar-refractivity contribution is -0.146. The third kappa shape index (κ3) is 1.46. The third-order valence-corrected chi connectivity index (χ3v) is 3.64. The molecule has 1 aliphatic carbocycles. The lowest BCUT2D eigenvalue weighted by atomic mass is 9.85. The van der Waals surface area contributed by atoms with Crippen LogP contribution >= 0.6 is 0 Å². The van der Waals surface area contributed by atoms with E-state index in [9.17, 15) is 4.79 Å². The molecule has 1 N–H and O–H groups in total. The summed E-state index contributed by atoms with van der Waals surface area (Å²) in [6, 6.07) is 0. The van der Waals surface area contributed by atoms with Crippen LogP contribution in [0.3, 0.4) is 0 Å². The van der Waals surface area contributed by atoms with Crippen LogP contribution in [0.25, 0.3) is 0 Å². The van der Waals surface area contributed by atoms with Gasteiger partial charge in [0, 0.05) is 13.1 Å². The first-order valence-corrected chi connectivity index (χ1v) is 5.17. The number of carboxylic acid groups (broad SMARTS) is 1. The highest BCUT2D eigenvalue weighted by Crippen LogP contribution is 2.41. The van der Waals surface area contributed by atoms with Crippen LogP contribution in [0.15, 0.2) is 0 Å². The van der Waals surface area contributed by atoms with Gasteiger partial charge in [-0.3, -0.25) is 4.79 Å². The molecule has 0 aromatic rings. The van der Waals surface area contributed by atoms with Crippen LogP contribution in [-0.2, 0) is 4.79 Å². The van der Waals surface area contributed by atoms with Crippen LogP contribution < -0.4 is 0 Å². The fourth-order valence-electron chi connectivity index (χ4n) is 2.98. The largest absolute Gasteiger partial charge is 0.481 e. The number of rotatable bonds is 2. The van der Waals surface area contributed by atoms with Gasteiger partial charge in [0.2, 0.25) is 0 Å². The number of hydrogen-bond donors (Lipinski definition) is 1. The first-order chi connectivity index (χ1) is 6.22. The summed E-state index contributed by atoms with van der Waals surface area (Å²) in [4.78, 5) is 13.4. The lowest BCUT2D eigenvalue weighted by Gasteiger charge is -2.35. The van der Waals surface area contributed by atoms with Gasteiger partial charge in [-0.25, -0.2) is 0 Å². The molecule has 2 atom stereocenters. The molecule has 2 fully saturated rings. The summed E-state index contributed by atoms with van der Waals surface area (Å²) in [6.07, 6.45) is 2.25. The fraction of sp³-hybridized carbons (Fsp3) is 0.900. The molecule has 74 valence electrons. The number of aliphatic carboxylic acids is 1. The van der Waals surface area contributed by atoms with Crippen molar-refractivity contribution in [2.24, 2.45) is 17.8 Å². The Morgan fingerprint density at radius 2 is 1.92 bits per heavy atom. The summed E-state index contributed by atoms with van der Waals surface area (Å²) in [6.45, 7) is 5.23. The number of likely N-dealkylation sites (tertiary alicyclic amines) is 1. The van der Waals surface area contributed by atoms with E-state index >= 15 is 0 Å². The fourth-order valence-corrected chi connectivity index (χ4v) is 2.98. The van der Waals surface area contributed by atoms with Crippen LogP contribution in [0.4, 0.5) is 0 Å². The summed E-state index contributed by atoms with van der Waals surface area (Å²) < 4.78 is 0. The quantitative estimate of drug-likeness (QED) is 0.695. The predicted octanol–water partition coefficient (Wildman–Crippen LogP) is 1.05. The van der Waals surface area contributed by atoms with Crippen molar-refractivity contribution >= 4 is 5.97 Å². The molecule has 0 aromatic carbocycles. The van der Waals surface area contributed by atoms with Crippen molar-refractivity contribution in [1.29, 1.82) is 0 Å². The second kappa shape index (κ2) is 3.29. The van der Waals surface area contributed by atoms with E-state index in [0.717, 1.165) is 32.5 Å². The Bertz CT molecular complexity index is 203. The second-order valence-corrected chi connectivity index (χ2v) is 4.31. The van der Waals surface area contributed by atoms with Crippen molar-refractivity contribution in [2.75, 3.05) is 19.6 Å². The maximum absolute atomic E-state index is 11.0. The zero-order valence-electron chi connectivity index (χ0n) is 8.07. The van der Waals surface area contributed by atoms with Gasteiger partial charge in [0.15, 0.2) is 0 Å². The smallest absolute Gasteiger partial charge is 0.307 e. The molecule has 0 spiro atoms. The van der Waals surface area contributed by atoms with Gasteiger partial charge in [-0.15, -0.1) is 0 Å². The Balaban J connectivity index is 2.08. The van der Waals surface area contributed by atoms with Crippen LogP contribution in [-0.4, -0.2) is 35.6 Å². The van der Waals surface area contributed by atoms with Crippen LogP contribution in [0.2, 0.25) is 0 Å². The molecule has 3 nitrogen and oxygen atoms in total. The molecular formula is C10H17NO2. The number of nitrogens with zero attached hydrogens (tertiary/aromatic N) is 1. The van der Waals surface area contributed by atoms with Gasteiger partial charge in [-0.05, 0) is 31.2 Å². The average Bonchev–Trinajstić information content (AvgIpc) is 2.37. The van der Waals surface area contributed by atoms with Gasteiger partial charge >= 0.3 is 5.97 Å². The normalized spacial score (nSPS) is 39.3. The standard InChI is InChI=1S/C10H17NO2/c1-2-11-5-7-3-4-8(6-11)9(7)10(12)13/h7-9H,2-6H2,1H3,(H,12,13). The summed E-state index contributed by atoms with van der Waals surface area (Å²) in [7, 11) is 0. The Morgan fingerprint density at radius 3 is 2.31 bits per heavy atom. The topological polar surface area (TPSA) is 40.5 Å². The Labute approximate surface area is 78.7 Å².